The fourth-order valence-corrected chi connectivity index (χ4v) is 5.40. The third-order valence-electron chi connectivity index (χ3n) is 4.19. The third kappa shape index (κ3) is 10.6. The molecule has 21 heteroatoms. The second-order valence-electron chi connectivity index (χ2n) is 6.87. The lowest BCUT2D eigenvalue weighted by molar-refractivity contribution is -0.0447. The van der Waals surface area contributed by atoms with Crippen LogP contribution in [0.4, 0.5) is 5.82 Å². The largest absolute Gasteiger partial charge is 0.479 e. The molecule has 0 radical (unpaired) electrons. The Morgan fingerprint density at radius 2 is 1.97 bits per heavy atom. The molecular weight excluding hydrogens is 558 g/mol. The number of nitrogens with zero attached hydrogens (tertiary/aromatic N) is 2. The molecule has 1 aliphatic heterocycles. The van der Waals surface area contributed by atoms with Gasteiger partial charge in [-0.25, -0.2) is 18.0 Å². The van der Waals surface area contributed by atoms with Gasteiger partial charge in [-0.3, -0.25) is 13.7 Å². The zero-order valence-corrected chi connectivity index (χ0v) is 21.2. The van der Waals surface area contributed by atoms with Gasteiger partial charge in [0.1, 0.15) is 18.1 Å². The summed E-state index contributed by atoms with van der Waals surface area (Å²) < 4.78 is 42.0. The molecule has 0 bridgehead atoms. The fraction of sp³-hybridized carbons (Fsp3) is 0.571. The van der Waals surface area contributed by atoms with Gasteiger partial charge < -0.3 is 44.9 Å². The van der Waals surface area contributed by atoms with Gasteiger partial charge >= 0.3 is 38.3 Å². The lowest BCUT2D eigenvalue weighted by Gasteiger charge is -2.19. The molecule has 0 aliphatic carbocycles. The van der Waals surface area contributed by atoms with E-state index >= 15 is 0 Å². The Morgan fingerprint density at radius 1 is 1.29 bits per heavy atom. The number of aliphatic hydroxyl groups is 1. The van der Waals surface area contributed by atoms with Crippen molar-refractivity contribution < 1.29 is 61.5 Å². The monoisotopic (exact) mass is 581 g/mol. The number of aliphatic hydroxyl groups excluding tert-OH is 1. The number of hydrogen-bond acceptors (Lipinski definition) is 13. The molecule has 2 rings (SSSR count). The highest BCUT2D eigenvalue weighted by Crippen LogP contribution is 2.59. The number of rotatable bonds is 11. The van der Waals surface area contributed by atoms with E-state index in [0.29, 0.717) is 0 Å². The highest BCUT2D eigenvalue weighted by Gasteiger charge is 2.38. The number of nitrogens with two attached hydrogens (primary N) is 1. The van der Waals surface area contributed by atoms with Crippen LogP contribution in [0.5, 0.6) is 0 Å². The molecular formula is C14H23N3O14P4. The van der Waals surface area contributed by atoms with Crippen LogP contribution in [0.25, 0.3) is 0 Å². The average molecular weight is 581 g/mol. The van der Waals surface area contributed by atoms with Crippen LogP contribution in [0, 0.1) is 11.8 Å². The standard InChI is InChI=1S/C14H23N3O14P4/c15-13-9(4-2-1-3-5-34(23,24)25)7-17(14(19)16-13)12-6-10(18)11(29-12)8-28-35(26,27)31-33(22)30-32(20)21/h7,10-12,18,20-22H,1,3,5-6,8H2,(H,26,27)(H2,15,16,19)(H2,23,24,25). The molecule has 1 aliphatic rings. The molecule has 198 valence electrons. The summed E-state index contributed by atoms with van der Waals surface area (Å²) in [5.74, 6) is 5.11. The number of aromatic nitrogens is 2. The quantitative estimate of drug-likeness (QED) is 0.0917. The van der Waals surface area contributed by atoms with Crippen LogP contribution in [0.1, 0.15) is 31.1 Å². The Morgan fingerprint density at radius 3 is 2.60 bits per heavy atom. The molecule has 0 amide bonds. The van der Waals surface area contributed by atoms with E-state index in [4.69, 9.17) is 30.0 Å². The zero-order valence-electron chi connectivity index (χ0n) is 17.6. The maximum Gasteiger partial charge on any atom is 0.479 e. The lowest BCUT2D eigenvalue weighted by Crippen LogP contribution is -2.29. The first-order valence-corrected chi connectivity index (χ1v) is 15.0. The van der Waals surface area contributed by atoms with Gasteiger partial charge in [0, 0.05) is 19.0 Å². The molecule has 1 fully saturated rings. The van der Waals surface area contributed by atoms with Gasteiger partial charge in [-0.15, -0.1) is 0 Å². The first kappa shape index (κ1) is 30.3. The number of ether oxygens (including phenoxy) is 1. The molecule has 9 N–H and O–H groups in total. The Hall–Kier alpha value is -0.880. The van der Waals surface area contributed by atoms with Crippen molar-refractivity contribution in [1.29, 1.82) is 0 Å². The van der Waals surface area contributed by atoms with Crippen molar-refractivity contribution >= 4 is 38.4 Å². The summed E-state index contributed by atoms with van der Waals surface area (Å²) in [6, 6.07) is 0. The molecule has 5 unspecified atom stereocenters. The van der Waals surface area contributed by atoms with Crippen molar-refractivity contribution in [3.05, 3.63) is 22.2 Å². The van der Waals surface area contributed by atoms with Gasteiger partial charge in [-0.05, 0) is 6.42 Å². The topological polar surface area (TPSA) is 274 Å². The molecule has 1 aromatic rings. The summed E-state index contributed by atoms with van der Waals surface area (Å²) in [4.78, 5) is 69.5. The van der Waals surface area contributed by atoms with E-state index in [0.717, 1.165) is 4.57 Å². The van der Waals surface area contributed by atoms with Crippen molar-refractivity contribution in [2.24, 2.45) is 0 Å². The number of phosphoric acid groups is 1. The number of anilines is 1. The van der Waals surface area contributed by atoms with Gasteiger partial charge in [0.15, 0.2) is 0 Å². The zero-order chi connectivity index (χ0) is 26.4. The first-order valence-electron chi connectivity index (χ1n) is 9.44. The summed E-state index contributed by atoms with van der Waals surface area (Å²) >= 11 is 0. The van der Waals surface area contributed by atoms with Gasteiger partial charge in [0.05, 0.1) is 24.4 Å². The predicted molar refractivity (Wildman–Crippen MR) is 119 cm³/mol. The average Bonchev–Trinajstić information content (AvgIpc) is 3.06. The highest BCUT2D eigenvalue weighted by molar-refractivity contribution is 7.62. The maximum absolute atomic E-state index is 12.3. The Kier molecular flexibility index (Phi) is 11.3. The molecule has 17 nitrogen and oxygen atoms in total. The second-order valence-corrected chi connectivity index (χ2v) is 12.1. The van der Waals surface area contributed by atoms with Gasteiger partial charge in [0.2, 0.25) is 0 Å². The van der Waals surface area contributed by atoms with E-state index in [9.17, 15) is 28.8 Å². The fourth-order valence-electron chi connectivity index (χ4n) is 2.71. The predicted octanol–water partition coefficient (Wildman–Crippen LogP) is -0.636. The van der Waals surface area contributed by atoms with E-state index in [1.807, 2.05) is 0 Å². The number of nitrogen functional groups attached to an aromatic ring is 1. The molecule has 35 heavy (non-hydrogen) atoms. The van der Waals surface area contributed by atoms with Crippen molar-refractivity contribution in [2.75, 3.05) is 18.5 Å². The van der Waals surface area contributed by atoms with Crippen molar-refractivity contribution in [2.45, 2.75) is 37.7 Å². The summed E-state index contributed by atoms with van der Waals surface area (Å²) in [6.45, 7) is -0.717. The van der Waals surface area contributed by atoms with Crippen LogP contribution in [0.2, 0.25) is 0 Å². The first-order chi connectivity index (χ1) is 16.2. The van der Waals surface area contributed by atoms with Gasteiger partial charge in [-0.2, -0.15) is 4.98 Å². The van der Waals surface area contributed by atoms with E-state index in [1.54, 1.807) is 0 Å². The molecule has 2 heterocycles. The number of hydrogen-bond donors (Lipinski definition) is 8. The Balaban J connectivity index is 2.02. The van der Waals surface area contributed by atoms with E-state index < -0.39 is 63.4 Å². The van der Waals surface area contributed by atoms with Crippen LogP contribution >= 0.6 is 32.6 Å². The van der Waals surface area contributed by atoms with E-state index in [2.05, 4.69) is 30.0 Å². The van der Waals surface area contributed by atoms with Crippen LogP contribution in [-0.2, 0) is 27.0 Å². The van der Waals surface area contributed by atoms with Crippen LogP contribution < -0.4 is 11.4 Å². The number of phosphoric ester groups is 1. The molecule has 5 atom stereocenters. The highest BCUT2D eigenvalue weighted by atomic mass is 31.3. The van der Waals surface area contributed by atoms with E-state index in [1.165, 1.54) is 6.20 Å². The molecule has 0 saturated carbocycles. The number of unbranched alkanes of at least 4 members (excludes halogenated alkanes) is 1. The summed E-state index contributed by atoms with van der Waals surface area (Å²) in [7, 11) is -15.3. The minimum Gasteiger partial charge on any atom is -0.390 e. The van der Waals surface area contributed by atoms with Gasteiger partial charge in [0.25, 0.3) is 0 Å². The van der Waals surface area contributed by atoms with Crippen molar-refractivity contribution in [1.82, 2.24) is 9.55 Å². The smallest absolute Gasteiger partial charge is 0.390 e. The van der Waals surface area contributed by atoms with Crippen LogP contribution in [-0.4, -0.2) is 69.0 Å². The van der Waals surface area contributed by atoms with Crippen molar-refractivity contribution in [3.8, 4) is 11.8 Å². The minimum absolute atomic E-state index is 0.121. The Labute approximate surface area is 200 Å². The summed E-state index contributed by atoms with van der Waals surface area (Å²) in [5, 5.41) is 10.2. The molecule has 1 saturated heterocycles. The van der Waals surface area contributed by atoms with E-state index in [-0.39, 0.29) is 36.8 Å². The second kappa shape index (κ2) is 13.1. The lowest BCUT2D eigenvalue weighted by atomic mass is 10.2. The molecule has 1 aromatic heterocycles. The maximum atomic E-state index is 12.3. The summed E-state index contributed by atoms with van der Waals surface area (Å²) in [6.07, 6.45) is -2.55. The minimum atomic E-state index is -4.94. The van der Waals surface area contributed by atoms with Crippen LogP contribution in [0.15, 0.2) is 11.0 Å². The molecule has 0 aromatic carbocycles. The third-order valence-corrected chi connectivity index (χ3v) is 8.09. The Bertz CT molecular complexity index is 1080. The molecule has 0 spiro atoms. The van der Waals surface area contributed by atoms with Crippen LogP contribution in [0.3, 0.4) is 0 Å². The summed E-state index contributed by atoms with van der Waals surface area (Å²) in [5.41, 5.74) is 4.98. The normalized spacial score (nSPS) is 23.0. The van der Waals surface area contributed by atoms with Crippen molar-refractivity contribution in [3.63, 3.8) is 0 Å². The SMILES string of the molecule is Nc1nc(=O)n(C2CC(O)C(COP(=O)(O)OP(O)OP(O)O)O2)cc1C#CCCCP(=O)(O)O. The van der Waals surface area contributed by atoms with Gasteiger partial charge in [-0.1, -0.05) is 11.8 Å².